The van der Waals surface area contributed by atoms with Crippen LogP contribution in [0.2, 0.25) is 0 Å². The Labute approximate surface area is 237 Å². The lowest BCUT2D eigenvalue weighted by Crippen LogP contribution is -2.38. The minimum atomic E-state index is -4.53. The topological polar surface area (TPSA) is 134 Å². The van der Waals surface area contributed by atoms with Gasteiger partial charge in [-0.25, -0.2) is 4.98 Å². The highest BCUT2D eigenvalue weighted by atomic mass is 32.1. The average molecular weight is 607 g/mol. The number of hydrogen-bond acceptors (Lipinski definition) is 7. The molecule has 3 rings (SSSR count). The molecular formula is C26H31F5N4O5S. The van der Waals surface area contributed by atoms with Gasteiger partial charge in [0.2, 0.25) is 0 Å². The molecule has 0 aliphatic heterocycles. The van der Waals surface area contributed by atoms with E-state index in [0.717, 1.165) is 37.3 Å². The molecule has 15 heteroatoms. The molecule has 0 bridgehead atoms. The molecule has 1 aliphatic carbocycles. The Morgan fingerprint density at radius 2 is 1.93 bits per heavy atom. The zero-order chi connectivity index (χ0) is 31.1. The van der Waals surface area contributed by atoms with Gasteiger partial charge in [0.1, 0.15) is 17.6 Å². The highest BCUT2D eigenvalue weighted by Crippen LogP contribution is 2.41. The fourth-order valence-electron chi connectivity index (χ4n) is 4.70. The van der Waals surface area contributed by atoms with E-state index in [0.29, 0.717) is 12.3 Å². The third-order valence-electron chi connectivity index (χ3n) is 7.00. The first-order chi connectivity index (χ1) is 19.1. The van der Waals surface area contributed by atoms with Crippen LogP contribution in [-0.2, 0) is 18.0 Å². The van der Waals surface area contributed by atoms with Crippen LogP contribution in [0.4, 0.5) is 22.0 Å². The number of aromatic nitrogens is 2. The molecule has 1 amide bonds. The van der Waals surface area contributed by atoms with Gasteiger partial charge in [0.05, 0.1) is 17.2 Å². The number of amides is 1. The number of imidazole rings is 1. The number of nitriles is 1. The fraction of sp³-hybridized carbons (Fsp3) is 0.577. The van der Waals surface area contributed by atoms with Gasteiger partial charge >= 0.3 is 24.4 Å². The number of aliphatic hydroxyl groups is 1. The zero-order valence-corrected chi connectivity index (χ0v) is 23.6. The molecule has 1 aromatic carbocycles. The summed E-state index contributed by atoms with van der Waals surface area (Å²) in [6, 6.07) is 5.53. The lowest BCUT2D eigenvalue weighted by Gasteiger charge is -2.31. The van der Waals surface area contributed by atoms with Crippen molar-refractivity contribution in [3.05, 3.63) is 41.0 Å². The minimum absolute atomic E-state index is 0.0730. The van der Waals surface area contributed by atoms with Crippen molar-refractivity contribution in [3.63, 3.8) is 0 Å². The van der Waals surface area contributed by atoms with Crippen LogP contribution in [0, 0.1) is 35.5 Å². The maximum Gasteiger partial charge on any atom is 0.394 e. The molecule has 1 saturated carbocycles. The van der Waals surface area contributed by atoms with Gasteiger partial charge in [0.25, 0.3) is 5.91 Å². The SMILES string of the molecule is Cc1nc(C(=O)NC[C@@H]2CC[C@@H](C)C[C@H]2O)c(C#N)n1-c1ccc(CC(C)(C)C(F)(F)F)cc1OC(F)F.O=S=O. The third kappa shape index (κ3) is 8.56. The summed E-state index contributed by atoms with van der Waals surface area (Å²) in [6.45, 7) is 2.38. The Kier molecular flexibility index (Phi) is 11.5. The molecule has 1 aromatic heterocycles. The molecule has 41 heavy (non-hydrogen) atoms. The van der Waals surface area contributed by atoms with E-state index in [1.54, 1.807) is 0 Å². The summed E-state index contributed by atoms with van der Waals surface area (Å²) in [5, 5.41) is 22.8. The molecule has 226 valence electrons. The summed E-state index contributed by atoms with van der Waals surface area (Å²) < 4.78 is 89.0. The number of hydrogen-bond donors (Lipinski definition) is 2. The standard InChI is InChI=1S/C26H31F5N4O3.O2S/c1-14-5-7-17(20(36)9-14)13-33-23(37)22-19(12-32)35(15(2)34-22)18-8-6-16(10-21(18)38-24(27)28)11-25(3,4)26(29,30)31;1-3-2/h6,8,10,14,17,20,24,36H,5,7,9,11,13H2,1-4H3,(H,33,37);/t14-,17+,20-;/m1./s1. The van der Waals surface area contributed by atoms with Crippen LogP contribution in [0.5, 0.6) is 5.75 Å². The van der Waals surface area contributed by atoms with Crippen LogP contribution in [0.25, 0.3) is 5.69 Å². The zero-order valence-electron chi connectivity index (χ0n) is 22.8. The molecule has 0 saturated heterocycles. The molecule has 2 aromatic rings. The van der Waals surface area contributed by atoms with E-state index in [9.17, 15) is 37.1 Å². The van der Waals surface area contributed by atoms with Crippen LogP contribution in [0.15, 0.2) is 18.2 Å². The predicted octanol–water partition coefficient (Wildman–Crippen LogP) is 4.64. The van der Waals surface area contributed by atoms with Gasteiger partial charge in [-0.15, -0.1) is 0 Å². The van der Waals surface area contributed by atoms with Crippen molar-refractivity contribution in [2.75, 3.05) is 6.54 Å². The molecular weight excluding hydrogens is 575 g/mol. The van der Waals surface area contributed by atoms with Crippen LogP contribution < -0.4 is 10.1 Å². The molecule has 1 aliphatic rings. The number of rotatable bonds is 8. The predicted molar refractivity (Wildman–Crippen MR) is 137 cm³/mol. The third-order valence-corrected chi connectivity index (χ3v) is 7.00. The number of halogens is 5. The van der Waals surface area contributed by atoms with Gasteiger partial charge < -0.3 is 15.2 Å². The highest BCUT2D eigenvalue weighted by Gasteiger charge is 2.47. The summed E-state index contributed by atoms with van der Waals surface area (Å²) in [6.07, 6.45) is -3.32. The van der Waals surface area contributed by atoms with Crippen LogP contribution in [-0.4, -0.2) is 54.4 Å². The van der Waals surface area contributed by atoms with E-state index in [1.165, 1.54) is 19.1 Å². The summed E-state index contributed by atoms with van der Waals surface area (Å²) >= 11 is -0.750. The highest BCUT2D eigenvalue weighted by molar-refractivity contribution is 7.51. The summed E-state index contributed by atoms with van der Waals surface area (Å²) in [5.74, 6) is -0.784. The Morgan fingerprint density at radius 3 is 2.46 bits per heavy atom. The Morgan fingerprint density at radius 1 is 1.29 bits per heavy atom. The molecule has 0 spiro atoms. The summed E-state index contributed by atoms with van der Waals surface area (Å²) in [4.78, 5) is 17.1. The van der Waals surface area contributed by atoms with Crippen molar-refractivity contribution in [2.45, 2.75) is 72.3 Å². The van der Waals surface area contributed by atoms with Gasteiger partial charge in [-0.05, 0) is 49.8 Å². The number of alkyl halides is 5. The quantitative estimate of drug-likeness (QED) is 0.418. The second kappa shape index (κ2) is 14.0. The van der Waals surface area contributed by atoms with Crippen LogP contribution in [0.3, 0.4) is 0 Å². The first-order valence-electron chi connectivity index (χ1n) is 12.6. The van der Waals surface area contributed by atoms with Crippen molar-refractivity contribution in [3.8, 4) is 17.5 Å². The van der Waals surface area contributed by atoms with Gasteiger partial charge in [-0.3, -0.25) is 9.36 Å². The van der Waals surface area contributed by atoms with Gasteiger partial charge in [-0.1, -0.05) is 33.3 Å². The lowest BCUT2D eigenvalue weighted by atomic mass is 9.81. The molecule has 0 unspecified atom stereocenters. The number of nitrogens with zero attached hydrogens (tertiary/aromatic N) is 3. The molecule has 2 N–H and O–H groups in total. The van der Waals surface area contributed by atoms with Crippen molar-refractivity contribution in [1.82, 2.24) is 14.9 Å². The lowest BCUT2D eigenvalue weighted by molar-refractivity contribution is -0.211. The number of carbonyl (C=O) groups is 1. The Balaban J connectivity index is 0.00000187. The van der Waals surface area contributed by atoms with Crippen molar-refractivity contribution >= 4 is 17.5 Å². The van der Waals surface area contributed by atoms with Crippen molar-refractivity contribution in [1.29, 1.82) is 5.26 Å². The normalized spacial score (nSPS) is 19.1. The minimum Gasteiger partial charge on any atom is -0.433 e. The van der Waals surface area contributed by atoms with Gasteiger partial charge in [-0.2, -0.15) is 35.6 Å². The van der Waals surface area contributed by atoms with Crippen LogP contribution in [0.1, 0.15) is 67.6 Å². The maximum atomic E-state index is 13.4. The Bertz CT molecular complexity index is 1300. The first kappa shape index (κ1) is 33.8. The fourth-order valence-corrected chi connectivity index (χ4v) is 4.70. The number of aryl methyl sites for hydroxylation is 1. The van der Waals surface area contributed by atoms with Crippen molar-refractivity contribution in [2.24, 2.45) is 17.3 Å². The second-order valence-electron chi connectivity index (χ2n) is 10.6. The first-order valence-corrected chi connectivity index (χ1v) is 13.2. The number of ether oxygens (including phenoxy) is 1. The summed E-state index contributed by atoms with van der Waals surface area (Å²) in [7, 11) is 0. The molecule has 9 nitrogen and oxygen atoms in total. The van der Waals surface area contributed by atoms with E-state index in [2.05, 4.69) is 15.0 Å². The molecule has 3 atom stereocenters. The van der Waals surface area contributed by atoms with E-state index in [4.69, 9.17) is 8.42 Å². The molecule has 1 heterocycles. The van der Waals surface area contributed by atoms with Gasteiger partial charge in [0, 0.05) is 12.5 Å². The van der Waals surface area contributed by atoms with E-state index >= 15 is 0 Å². The molecule has 1 fully saturated rings. The second-order valence-corrected chi connectivity index (χ2v) is 10.7. The average Bonchev–Trinajstić information content (AvgIpc) is 3.18. The monoisotopic (exact) mass is 606 g/mol. The van der Waals surface area contributed by atoms with E-state index < -0.39 is 54.0 Å². The maximum absolute atomic E-state index is 13.4. The van der Waals surface area contributed by atoms with Crippen molar-refractivity contribution < 1.29 is 45.0 Å². The van der Waals surface area contributed by atoms with E-state index in [-0.39, 0.29) is 40.9 Å². The summed E-state index contributed by atoms with van der Waals surface area (Å²) in [5.41, 5.74) is -2.60. The largest absolute Gasteiger partial charge is 0.433 e. The Hall–Kier alpha value is -3.38. The number of carbonyl (C=O) groups excluding carboxylic acids is 1. The van der Waals surface area contributed by atoms with Crippen LogP contribution >= 0.6 is 0 Å². The van der Waals surface area contributed by atoms with Gasteiger partial charge in [0.15, 0.2) is 11.4 Å². The molecule has 0 radical (unpaired) electrons. The number of aliphatic hydroxyl groups excluding tert-OH is 1. The smallest absolute Gasteiger partial charge is 0.394 e. The van der Waals surface area contributed by atoms with E-state index in [1.807, 2.05) is 13.0 Å². The number of benzene rings is 1. The number of nitrogens with one attached hydrogen (secondary N) is 1.